The second kappa shape index (κ2) is 6.16. The van der Waals surface area contributed by atoms with Gasteiger partial charge in [-0.2, -0.15) is 0 Å². The summed E-state index contributed by atoms with van der Waals surface area (Å²) in [6.45, 7) is 10.9. The summed E-state index contributed by atoms with van der Waals surface area (Å²) in [6, 6.07) is 0. The Morgan fingerprint density at radius 2 is 2.06 bits per heavy atom. The Labute approximate surface area is 98.5 Å². The summed E-state index contributed by atoms with van der Waals surface area (Å²) < 4.78 is 5.31. The molecule has 0 aromatic heterocycles. The number of rotatable bonds is 6. The molecule has 1 saturated heterocycles. The van der Waals surface area contributed by atoms with Gasteiger partial charge in [-0.15, -0.1) is 6.58 Å². The first-order valence-electron chi connectivity index (χ1n) is 6.06. The summed E-state index contributed by atoms with van der Waals surface area (Å²) >= 11 is 0. The first kappa shape index (κ1) is 13.4. The maximum absolute atomic E-state index is 12.1. The Balaban J connectivity index is 2.46. The highest BCUT2D eigenvalue weighted by molar-refractivity contribution is 5.87. The number of Topliss-reactive ketones (excluding diaryl/α,β-unsaturated/α-hetero) is 1. The van der Waals surface area contributed by atoms with Gasteiger partial charge >= 0.3 is 0 Å². The summed E-state index contributed by atoms with van der Waals surface area (Å²) in [5.74, 6) is 0.330. The third-order valence-corrected chi connectivity index (χ3v) is 3.30. The van der Waals surface area contributed by atoms with Crippen LogP contribution in [0.5, 0.6) is 0 Å². The van der Waals surface area contributed by atoms with E-state index in [0.717, 1.165) is 39.1 Å². The number of morpholine rings is 1. The van der Waals surface area contributed by atoms with Crippen LogP contribution >= 0.6 is 0 Å². The van der Waals surface area contributed by atoms with Gasteiger partial charge < -0.3 is 4.74 Å². The van der Waals surface area contributed by atoms with Crippen LogP contribution < -0.4 is 0 Å². The molecule has 1 fully saturated rings. The standard InChI is InChI=1S/C13H23NO2/c1-4-5-6-7-12(15)13(2,3)14-8-10-16-11-9-14/h4H,1,5-11H2,2-3H3. The molecular weight excluding hydrogens is 202 g/mol. The fourth-order valence-electron chi connectivity index (χ4n) is 2.01. The van der Waals surface area contributed by atoms with Crippen LogP contribution in [0.2, 0.25) is 0 Å². The molecule has 0 spiro atoms. The van der Waals surface area contributed by atoms with Gasteiger partial charge in [0.2, 0.25) is 0 Å². The Bertz CT molecular complexity index is 242. The molecule has 0 saturated carbocycles. The number of ketones is 1. The number of ether oxygens (including phenoxy) is 1. The lowest BCUT2D eigenvalue weighted by atomic mass is 9.92. The minimum absolute atomic E-state index is 0.330. The fourth-order valence-corrected chi connectivity index (χ4v) is 2.01. The van der Waals surface area contributed by atoms with Crippen LogP contribution in [-0.4, -0.2) is 42.5 Å². The van der Waals surface area contributed by atoms with Crippen LogP contribution in [0.4, 0.5) is 0 Å². The average Bonchev–Trinajstić information content (AvgIpc) is 2.30. The zero-order chi connectivity index (χ0) is 12.0. The SMILES string of the molecule is C=CCCCC(=O)C(C)(C)N1CCOCC1. The third-order valence-electron chi connectivity index (χ3n) is 3.30. The number of hydrogen-bond acceptors (Lipinski definition) is 3. The second-order valence-electron chi connectivity index (χ2n) is 4.76. The number of allylic oxidation sites excluding steroid dienone is 1. The van der Waals surface area contributed by atoms with E-state index in [4.69, 9.17) is 4.74 Å². The summed E-state index contributed by atoms with van der Waals surface area (Å²) in [7, 11) is 0. The van der Waals surface area contributed by atoms with Gasteiger partial charge in [-0.05, 0) is 26.7 Å². The molecule has 3 nitrogen and oxygen atoms in total. The van der Waals surface area contributed by atoms with E-state index in [1.165, 1.54) is 0 Å². The maximum atomic E-state index is 12.1. The van der Waals surface area contributed by atoms with Gasteiger partial charge in [-0.25, -0.2) is 0 Å². The molecule has 0 aliphatic carbocycles. The van der Waals surface area contributed by atoms with Crippen LogP contribution in [-0.2, 0) is 9.53 Å². The predicted molar refractivity (Wildman–Crippen MR) is 65.5 cm³/mol. The van der Waals surface area contributed by atoms with E-state index in [9.17, 15) is 4.79 Å². The highest BCUT2D eigenvalue weighted by Crippen LogP contribution is 2.20. The van der Waals surface area contributed by atoms with Crippen molar-refractivity contribution in [3.05, 3.63) is 12.7 Å². The molecule has 1 rings (SSSR count). The molecule has 92 valence electrons. The number of nitrogens with zero attached hydrogens (tertiary/aromatic N) is 1. The molecule has 0 amide bonds. The van der Waals surface area contributed by atoms with Gasteiger partial charge in [0.05, 0.1) is 18.8 Å². The molecule has 16 heavy (non-hydrogen) atoms. The number of unbranched alkanes of at least 4 members (excludes halogenated alkanes) is 1. The summed E-state index contributed by atoms with van der Waals surface area (Å²) in [5.41, 5.74) is -0.342. The largest absolute Gasteiger partial charge is 0.379 e. The van der Waals surface area contributed by atoms with Crippen molar-refractivity contribution in [2.45, 2.75) is 38.6 Å². The molecule has 0 unspecified atom stereocenters. The predicted octanol–water partition coefficient (Wildman–Crippen LogP) is 2.02. The lowest BCUT2D eigenvalue weighted by molar-refractivity contribution is -0.132. The lowest BCUT2D eigenvalue weighted by Gasteiger charge is -2.39. The summed E-state index contributed by atoms with van der Waals surface area (Å²) in [5, 5.41) is 0. The Kier molecular flexibility index (Phi) is 5.16. The van der Waals surface area contributed by atoms with Crippen molar-refractivity contribution in [3.63, 3.8) is 0 Å². The maximum Gasteiger partial charge on any atom is 0.152 e. The zero-order valence-electron chi connectivity index (χ0n) is 10.5. The Hall–Kier alpha value is -0.670. The first-order chi connectivity index (χ1) is 7.59. The minimum atomic E-state index is -0.342. The van der Waals surface area contributed by atoms with Crippen molar-refractivity contribution in [1.82, 2.24) is 4.90 Å². The molecule has 1 aliphatic rings. The van der Waals surface area contributed by atoms with Gasteiger partial charge in [-0.3, -0.25) is 9.69 Å². The van der Waals surface area contributed by atoms with E-state index in [1.54, 1.807) is 0 Å². The van der Waals surface area contributed by atoms with Crippen LogP contribution in [0.25, 0.3) is 0 Å². The number of hydrogen-bond donors (Lipinski definition) is 0. The first-order valence-corrected chi connectivity index (χ1v) is 6.06. The Morgan fingerprint density at radius 3 is 2.62 bits per heavy atom. The van der Waals surface area contributed by atoms with Crippen LogP contribution in [0.3, 0.4) is 0 Å². The van der Waals surface area contributed by atoms with Crippen molar-refractivity contribution in [2.75, 3.05) is 26.3 Å². The van der Waals surface area contributed by atoms with Gasteiger partial charge in [0.25, 0.3) is 0 Å². The normalized spacial score (nSPS) is 18.4. The van der Waals surface area contributed by atoms with Crippen molar-refractivity contribution in [2.24, 2.45) is 0 Å². The number of carbonyl (C=O) groups excluding carboxylic acids is 1. The summed E-state index contributed by atoms with van der Waals surface area (Å²) in [4.78, 5) is 14.4. The molecule has 0 atom stereocenters. The summed E-state index contributed by atoms with van der Waals surface area (Å²) in [6.07, 6.45) is 4.35. The topological polar surface area (TPSA) is 29.5 Å². The van der Waals surface area contributed by atoms with Gasteiger partial charge in [0.1, 0.15) is 0 Å². The van der Waals surface area contributed by atoms with E-state index in [0.29, 0.717) is 12.2 Å². The van der Waals surface area contributed by atoms with Crippen LogP contribution in [0.15, 0.2) is 12.7 Å². The van der Waals surface area contributed by atoms with Crippen LogP contribution in [0.1, 0.15) is 33.1 Å². The van der Waals surface area contributed by atoms with E-state index in [2.05, 4.69) is 11.5 Å². The molecule has 1 heterocycles. The van der Waals surface area contributed by atoms with Gasteiger partial charge in [-0.1, -0.05) is 6.08 Å². The smallest absolute Gasteiger partial charge is 0.152 e. The van der Waals surface area contributed by atoms with Crippen molar-refractivity contribution >= 4 is 5.78 Å². The lowest BCUT2D eigenvalue weighted by Crippen LogP contribution is -2.54. The van der Waals surface area contributed by atoms with E-state index in [-0.39, 0.29) is 5.54 Å². The molecule has 0 radical (unpaired) electrons. The van der Waals surface area contributed by atoms with E-state index >= 15 is 0 Å². The van der Waals surface area contributed by atoms with Gasteiger partial charge in [0, 0.05) is 19.5 Å². The van der Waals surface area contributed by atoms with Crippen molar-refractivity contribution in [3.8, 4) is 0 Å². The zero-order valence-corrected chi connectivity index (χ0v) is 10.5. The minimum Gasteiger partial charge on any atom is -0.379 e. The molecule has 0 N–H and O–H groups in total. The Morgan fingerprint density at radius 1 is 1.44 bits per heavy atom. The highest BCUT2D eigenvalue weighted by atomic mass is 16.5. The number of carbonyl (C=O) groups is 1. The average molecular weight is 225 g/mol. The van der Waals surface area contributed by atoms with Crippen molar-refractivity contribution in [1.29, 1.82) is 0 Å². The van der Waals surface area contributed by atoms with Gasteiger partial charge in [0.15, 0.2) is 5.78 Å². The molecule has 0 aromatic rings. The van der Waals surface area contributed by atoms with Crippen LogP contribution in [0, 0.1) is 0 Å². The molecule has 0 aromatic carbocycles. The quantitative estimate of drug-likeness (QED) is 0.511. The fraction of sp³-hybridized carbons (Fsp3) is 0.769. The third kappa shape index (κ3) is 3.42. The molecular formula is C13H23NO2. The second-order valence-corrected chi connectivity index (χ2v) is 4.76. The van der Waals surface area contributed by atoms with Crippen molar-refractivity contribution < 1.29 is 9.53 Å². The monoisotopic (exact) mass is 225 g/mol. The molecule has 3 heteroatoms. The molecule has 0 bridgehead atoms. The van der Waals surface area contributed by atoms with E-state index in [1.807, 2.05) is 19.9 Å². The highest BCUT2D eigenvalue weighted by Gasteiger charge is 2.34. The molecule has 1 aliphatic heterocycles. The van der Waals surface area contributed by atoms with E-state index < -0.39 is 0 Å².